The van der Waals surface area contributed by atoms with E-state index in [-0.39, 0.29) is 5.91 Å². The zero-order valence-corrected chi connectivity index (χ0v) is 11.7. The van der Waals surface area contributed by atoms with Gasteiger partial charge in [-0.3, -0.25) is 9.78 Å². The van der Waals surface area contributed by atoms with Crippen LogP contribution in [-0.4, -0.2) is 18.0 Å². The highest BCUT2D eigenvalue weighted by molar-refractivity contribution is 5.94. The molecular formula is C16H18N2O2. The number of benzene rings is 1. The smallest absolute Gasteiger partial charge is 0.251 e. The number of hydrogen-bond acceptors (Lipinski definition) is 3. The lowest BCUT2D eigenvalue weighted by Crippen LogP contribution is -2.23. The lowest BCUT2D eigenvalue weighted by molar-refractivity contribution is 0.0950. The summed E-state index contributed by atoms with van der Waals surface area (Å²) in [4.78, 5) is 16.1. The summed E-state index contributed by atoms with van der Waals surface area (Å²) in [6.45, 7) is 2.51. The van der Waals surface area contributed by atoms with Crippen molar-refractivity contribution in [2.45, 2.75) is 19.9 Å². The number of nitrogens with one attached hydrogen (secondary N) is 1. The molecule has 20 heavy (non-hydrogen) atoms. The van der Waals surface area contributed by atoms with E-state index in [2.05, 4.69) is 10.3 Å². The Morgan fingerprint density at radius 3 is 2.85 bits per heavy atom. The molecule has 4 heteroatoms. The number of carbonyl (C=O) groups excluding carboxylic acids is 1. The third-order valence-electron chi connectivity index (χ3n) is 3.10. The van der Waals surface area contributed by atoms with Crippen molar-refractivity contribution in [1.82, 2.24) is 10.3 Å². The predicted molar refractivity (Wildman–Crippen MR) is 77.8 cm³/mol. The third kappa shape index (κ3) is 3.35. The van der Waals surface area contributed by atoms with Crippen LogP contribution in [-0.2, 0) is 13.0 Å². The summed E-state index contributed by atoms with van der Waals surface area (Å²) < 4.78 is 5.26. The van der Waals surface area contributed by atoms with Crippen molar-refractivity contribution in [3.05, 3.63) is 59.4 Å². The fraction of sp³-hybridized carbons (Fsp3) is 0.250. The molecule has 2 rings (SSSR count). The first-order valence-electron chi connectivity index (χ1n) is 6.58. The van der Waals surface area contributed by atoms with Crippen molar-refractivity contribution < 1.29 is 9.53 Å². The van der Waals surface area contributed by atoms with Gasteiger partial charge in [0.25, 0.3) is 5.91 Å². The summed E-state index contributed by atoms with van der Waals surface area (Å²) in [6.07, 6.45) is 4.28. The number of methoxy groups -OCH3 is 1. The Morgan fingerprint density at radius 2 is 2.20 bits per heavy atom. The van der Waals surface area contributed by atoms with Crippen molar-refractivity contribution in [3.63, 3.8) is 0 Å². The van der Waals surface area contributed by atoms with E-state index in [4.69, 9.17) is 4.74 Å². The zero-order valence-electron chi connectivity index (χ0n) is 11.7. The van der Waals surface area contributed by atoms with Gasteiger partial charge in [0.1, 0.15) is 5.75 Å². The first-order valence-corrected chi connectivity index (χ1v) is 6.58. The van der Waals surface area contributed by atoms with Crippen LogP contribution in [0.5, 0.6) is 5.75 Å². The van der Waals surface area contributed by atoms with Crippen LogP contribution < -0.4 is 10.1 Å². The van der Waals surface area contributed by atoms with Gasteiger partial charge >= 0.3 is 0 Å². The van der Waals surface area contributed by atoms with Gasteiger partial charge < -0.3 is 10.1 Å². The molecule has 0 aliphatic rings. The number of aryl methyl sites for hydroxylation is 1. The molecule has 1 N–H and O–H groups in total. The Kier molecular flexibility index (Phi) is 4.71. The van der Waals surface area contributed by atoms with Crippen molar-refractivity contribution in [2.75, 3.05) is 7.11 Å². The van der Waals surface area contributed by atoms with Gasteiger partial charge in [0, 0.05) is 24.5 Å². The second kappa shape index (κ2) is 6.70. The minimum atomic E-state index is -0.0915. The van der Waals surface area contributed by atoms with Crippen LogP contribution in [0.1, 0.15) is 28.4 Å². The summed E-state index contributed by atoms with van der Waals surface area (Å²) in [5.74, 6) is 0.725. The fourth-order valence-corrected chi connectivity index (χ4v) is 1.98. The van der Waals surface area contributed by atoms with E-state index in [1.807, 2.05) is 31.2 Å². The topological polar surface area (TPSA) is 51.2 Å². The first kappa shape index (κ1) is 14.1. The third-order valence-corrected chi connectivity index (χ3v) is 3.10. The maximum atomic E-state index is 12.1. The zero-order chi connectivity index (χ0) is 14.4. The molecule has 1 aromatic heterocycles. The number of rotatable bonds is 5. The standard InChI is InChI=1S/C16H18N2O2/c1-3-13-9-14(6-7-15(13)20-2)16(19)18-11-12-5-4-8-17-10-12/h4-10H,3,11H2,1-2H3,(H,18,19). The number of carbonyl (C=O) groups is 1. The Balaban J connectivity index is 2.06. The van der Waals surface area contributed by atoms with Gasteiger partial charge in [-0.05, 0) is 41.8 Å². The molecule has 0 atom stereocenters. The van der Waals surface area contributed by atoms with Gasteiger partial charge in [-0.2, -0.15) is 0 Å². The lowest BCUT2D eigenvalue weighted by atomic mass is 10.1. The predicted octanol–water partition coefficient (Wildman–Crippen LogP) is 2.58. The molecule has 0 saturated carbocycles. The van der Waals surface area contributed by atoms with E-state index in [1.165, 1.54) is 0 Å². The average Bonchev–Trinajstić information content (AvgIpc) is 2.52. The van der Waals surface area contributed by atoms with Crippen molar-refractivity contribution >= 4 is 5.91 Å². The molecule has 104 valence electrons. The number of ether oxygens (including phenoxy) is 1. The van der Waals surface area contributed by atoms with E-state index in [1.54, 1.807) is 25.6 Å². The minimum Gasteiger partial charge on any atom is -0.496 e. The van der Waals surface area contributed by atoms with E-state index < -0.39 is 0 Å². The minimum absolute atomic E-state index is 0.0915. The fourth-order valence-electron chi connectivity index (χ4n) is 1.98. The van der Waals surface area contributed by atoms with E-state index >= 15 is 0 Å². The number of hydrogen-bond donors (Lipinski definition) is 1. The van der Waals surface area contributed by atoms with Crippen molar-refractivity contribution in [1.29, 1.82) is 0 Å². The van der Waals surface area contributed by atoms with Crippen molar-refractivity contribution in [2.24, 2.45) is 0 Å². The number of nitrogens with zero attached hydrogens (tertiary/aromatic N) is 1. The molecule has 4 nitrogen and oxygen atoms in total. The van der Waals surface area contributed by atoms with Crippen LogP contribution in [0.2, 0.25) is 0 Å². The van der Waals surface area contributed by atoms with Gasteiger partial charge in [-0.25, -0.2) is 0 Å². The maximum absolute atomic E-state index is 12.1. The first-order chi connectivity index (χ1) is 9.74. The Hall–Kier alpha value is -2.36. The molecule has 1 aromatic carbocycles. The van der Waals surface area contributed by atoms with Crippen LogP contribution in [0.4, 0.5) is 0 Å². The van der Waals surface area contributed by atoms with E-state index in [9.17, 15) is 4.79 Å². The Bertz CT molecular complexity index is 582. The molecule has 1 amide bonds. The highest BCUT2D eigenvalue weighted by atomic mass is 16.5. The summed E-state index contributed by atoms with van der Waals surface area (Å²) in [5.41, 5.74) is 2.65. The summed E-state index contributed by atoms with van der Waals surface area (Å²) in [6, 6.07) is 9.26. The lowest BCUT2D eigenvalue weighted by Gasteiger charge is -2.09. The summed E-state index contributed by atoms with van der Waals surface area (Å²) in [5, 5.41) is 2.88. The molecule has 2 aromatic rings. The number of aromatic nitrogens is 1. The largest absolute Gasteiger partial charge is 0.496 e. The average molecular weight is 270 g/mol. The van der Waals surface area contributed by atoms with E-state index in [0.717, 1.165) is 23.3 Å². The van der Waals surface area contributed by atoms with Crippen LogP contribution in [0.3, 0.4) is 0 Å². The monoisotopic (exact) mass is 270 g/mol. The molecule has 0 aliphatic carbocycles. The van der Waals surface area contributed by atoms with E-state index in [0.29, 0.717) is 12.1 Å². The van der Waals surface area contributed by atoms with Crippen LogP contribution in [0, 0.1) is 0 Å². The van der Waals surface area contributed by atoms with Gasteiger partial charge in [0.2, 0.25) is 0 Å². The van der Waals surface area contributed by atoms with Gasteiger partial charge in [-0.1, -0.05) is 13.0 Å². The quantitative estimate of drug-likeness (QED) is 0.908. The molecule has 0 unspecified atom stereocenters. The highest BCUT2D eigenvalue weighted by Crippen LogP contribution is 2.20. The van der Waals surface area contributed by atoms with Crippen molar-refractivity contribution in [3.8, 4) is 5.75 Å². The van der Waals surface area contributed by atoms with Crippen LogP contribution in [0.25, 0.3) is 0 Å². The normalized spacial score (nSPS) is 10.1. The summed E-state index contributed by atoms with van der Waals surface area (Å²) >= 11 is 0. The Morgan fingerprint density at radius 1 is 1.35 bits per heavy atom. The van der Waals surface area contributed by atoms with Crippen LogP contribution >= 0.6 is 0 Å². The highest BCUT2D eigenvalue weighted by Gasteiger charge is 2.09. The molecule has 0 saturated heterocycles. The number of amides is 1. The van der Waals surface area contributed by atoms with Gasteiger partial charge in [0.15, 0.2) is 0 Å². The Labute approximate surface area is 118 Å². The van der Waals surface area contributed by atoms with Gasteiger partial charge in [0.05, 0.1) is 7.11 Å². The molecule has 0 spiro atoms. The SMILES string of the molecule is CCc1cc(C(=O)NCc2cccnc2)ccc1OC. The maximum Gasteiger partial charge on any atom is 0.251 e. The van der Waals surface area contributed by atoms with Gasteiger partial charge in [-0.15, -0.1) is 0 Å². The number of pyridine rings is 1. The second-order valence-electron chi connectivity index (χ2n) is 4.42. The molecule has 1 heterocycles. The second-order valence-corrected chi connectivity index (χ2v) is 4.42. The molecule has 0 radical (unpaired) electrons. The molecule has 0 bridgehead atoms. The van der Waals surface area contributed by atoms with Crippen LogP contribution in [0.15, 0.2) is 42.7 Å². The molecule has 0 fully saturated rings. The molecule has 0 aliphatic heterocycles. The summed E-state index contributed by atoms with van der Waals surface area (Å²) in [7, 11) is 1.64. The molecular weight excluding hydrogens is 252 g/mol.